The molecule has 2 unspecified atom stereocenters. The van der Waals surface area contributed by atoms with Crippen molar-refractivity contribution in [2.75, 3.05) is 31.5 Å². The van der Waals surface area contributed by atoms with Crippen LogP contribution >= 0.6 is 15.9 Å². The van der Waals surface area contributed by atoms with Gasteiger partial charge in [-0.05, 0) is 96.6 Å². The molecule has 2 aliphatic carbocycles. The summed E-state index contributed by atoms with van der Waals surface area (Å²) in [5.74, 6) is 0.958. The number of hydrogen-bond donors (Lipinski definition) is 2. The van der Waals surface area contributed by atoms with Crippen LogP contribution < -0.4 is 15.4 Å². The number of nitrogens with zero attached hydrogens (tertiary/aromatic N) is 1. The summed E-state index contributed by atoms with van der Waals surface area (Å²) in [6.45, 7) is 0.533. The second kappa shape index (κ2) is 14.6. The molecule has 0 spiro atoms. The number of para-hydroxylation sites is 1. The number of esters is 1. The number of rotatable bonds is 9. The van der Waals surface area contributed by atoms with Crippen LogP contribution in [0, 0.1) is 11.8 Å². The van der Waals surface area contributed by atoms with Gasteiger partial charge in [-0.2, -0.15) is 0 Å². The third kappa shape index (κ3) is 7.70. The van der Waals surface area contributed by atoms with Crippen LogP contribution in [0.1, 0.15) is 63.4 Å². The fraction of sp³-hybridized carbons (Fsp3) is 0.545. The summed E-state index contributed by atoms with van der Waals surface area (Å²) in [5, 5.41) is 5.67. The Hall–Kier alpha value is -3.11. The SMILES string of the molecule is COc1cc(CC(=O)N2C3CCCCC3C[C@H]2CO[C@H]2CC[C@@H](C(=O)OC)CC2)ccc1NC(=O)Nc1ccccc1Br. The van der Waals surface area contributed by atoms with Gasteiger partial charge in [0.1, 0.15) is 5.75 Å². The number of hydrogen-bond acceptors (Lipinski definition) is 6. The predicted octanol–water partition coefficient (Wildman–Crippen LogP) is 6.55. The molecule has 1 aliphatic heterocycles. The van der Waals surface area contributed by atoms with E-state index in [1.807, 2.05) is 30.3 Å². The number of fused-ring (bicyclic) bond motifs is 1. The molecule has 1 heterocycles. The van der Waals surface area contributed by atoms with E-state index in [4.69, 9.17) is 14.2 Å². The molecular weight excluding hydrogens is 614 g/mol. The van der Waals surface area contributed by atoms with Gasteiger partial charge in [-0.25, -0.2) is 4.79 Å². The van der Waals surface area contributed by atoms with Crippen molar-refractivity contribution in [3.05, 3.63) is 52.5 Å². The number of likely N-dealkylation sites (tertiary alicyclic amines) is 1. The highest BCUT2D eigenvalue weighted by Gasteiger charge is 2.44. The van der Waals surface area contributed by atoms with E-state index in [0.29, 0.717) is 29.6 Å². The van der Waals surface area contributed by atoms with Gasteiger partial charge in [0.05, 0.1) is 56.7 Å². The number of ether oxygens (including phenoxy) is 3. The van der Waals surface area contributed by atoms with Gasteiger partial charge in [-0.1, -0.05) is 31.0 Å². The average molecular weight is 657 g/mol. The minimum Gasteiger partial charge on any atom is -0.495 e. The molecular formula is C33H42BrN3O6. The van der Waals surface area contributed by atoms with Gasteiger partial charge in [-0.15, -0.1) is 0 Å². The molecule has 2 saturated carbocycles. The summed E-state index contributed by atoms with van der Waals surface area (Å²) in [6, 6.07) is 12.8. The Kier molecular flexibility index (Phi) is 10.6. The molecule has 0 radical (unpaired) electrons. The maximum Gasteiger partial charge on any atom is 0.323 e. The first-order valence-corrected chi connectivity index (χ1v) is 16.2. The second-order valence-electron chi connectivity index (χ2n) is 11.9. The van der Waals surface area contributed by atoms with Crippen LogP contribution in [-0.4, -0.2) is 61.8 Å². The fourth-order valence-corrected chi connectivity index (χ4v) is 7.42. The molecule has 10 heteroatoms. The van der Waals surface area contributed by atoms with Crippen molar-refractivity contribution in [3.8, 4) is 5.75 Å². The van der Waals surface area contributed by atoms with E-state index >= 15 is 0 Å². The Bertz CT molecular complexity index is 1300. The zero-order chi connectivity index (χ0) is 30.3. The van der Waals surface area contributed by atoms with Gasteiger partial charge in [-0.3, -0.25) is 9.59 Å². The van der Waals surface area contributed by atoms with Crippen LogP contribution in [-0.2, 0) is 25.5 Å². The lowest BCUT2D eigenvalue weighted by Crippen LogP contribution is -2.46. The quantitative estimate of drug-likeness (QED) is 0.297. The van der Waals surface area contributed by atoms with Crippen LogP contribution in [0.5, 0.6) is 5.75 Å². The van der Waals surface area contributed by atoms with Gasteiger partial charge in [0.2, 0.25) is 5.91 Å². The minimum absolute atomic E-state index is 0.0312. The van der Waals surface area contributed by atoms with E-state index in [1.165, 1.54) is 13.5 Å². The van der Waals surface area contributed by atoms with Gasteiger partial charge in [0.15, 0.2) is 0 Å². The molecule has 232 valence electrons. The molecule has 1 saturated heterocycles. The molecule has 3 aliphatic rings. The van der Waals surface area contributed by atoms with Gasteiger partial charge >= 0.3 is 12.0 Å². The number of carbonyl (C=O) groups is 3. The Balaban J connectivity index is 1.21. The lowest BCUT2D eigenvalue weighted by atomic mass is 9.84. The first-order valence-electron chi connectivity index (χ1n) is 15.4. The summed E-state index contributed by atoms with van der Waals surface area (Å²) >= 11 is 3.44. The Morgan fingerprint density at radius 1 is 0.930 bits per heavy atom. The second-order valence-corrected chi connectivity index (χ2v) is 12.8. The van der Waals surface area contributed by atoms with E-state index in [9.17, 15) is 14.4 Å². The first-order chi connectivity index (χ1) is 20.9. The van der Waals surface area contributed by atoms with Crippen LogP contribution in [0.2, 0.25) is 0 Å². The highest BCUT2D eigenvalue weighted by atomic mass is 79.9. The highest BCUT2D eigenvalue weighted by Crippen LogP contribution is 2.41. The zero-order valence-electron chi connectivity index (χ0n) is 25.0. The van der Waals surface area contributed by atoms with E-state index < -0.39 is 6.03 Å². The predicted molar refractivity (Wildman–Crippen MR) is 168 cm³/mol. The van der Waals surface area contributed by atoms with Crippen molar-refractivity contribution in [2.45, 2.75) is 82.4 Å². The van der Waals surface area contributed by atoms with E-state index in [-0.39, 0.29) is 42.4 Å². The number of urea groups is 1. The molecule has 2 N–H and O–H groups in total. The molecule has 0 bridgehead atoms. The average Bonchev–Trinajstić information content (AvgIpc) is 3.40. The Morgan fingerprint density at radius 2 is 1.67 bits per heavy atom. The molecule has 5 rings (SSSR count). The third-order valence-electron chi connectivity index (χ3n) is 9.21. The molecule has 3 atom stereocenters. The largest absolute Gasteiger partial charge is 0.495 e. The number of benzene rings is 2. The summed E-state index contributed by atoms with van der Waals surface area (Å²) in [6.07, 6.45) is 9.16. The standard InChI is InChI=1S/C33H42BrN3O6/c1-41-30-17-21(11-16-28(30)36-33(40)35-27-9-5-4-8-26(27)34)18-31(38)37-24(19-23-7-3-6-10-29(23)37)20-43-25-14-12-22(13-15-25)32(39)42-2/h4-5,8-9,11,16-17,22-25,29H,3,6-7,10,12-15,18-20H2,1-2H3,(H2,35,36,40)/t22-,23?,24-,25+,29?/m0/s1. The Morgan fingerprint density at radius 3 is 2.42 bits per heavy atom. The van der Waals surface area contributed by atoms with E-state index in [2.05, 4.69) is 31.5 Å². The number of amides is 3. The molecule has 43 heavy (non-hydrogen) atoms. The van der Waals surface area contributed by atoms with Gasteiger partial charge in [0, 0.05) is 10.5 Å². The molecule has 9 nitrogen and oxygen atoms in total. The molecule has 2 aromatic rings. The number of carbonyl (C=O) groups excluding carboxylic acids is 3. The van der Waals surface area contributed by atoms with Crippen molar-refractivity contribution in [3.63, 3.8) is 0 Å². The fourth-order valence-electron chi connectivity index (χ4n) is 7.03. The molecule has 3 fully saturated rings. The van der Waals surface area contributed by atoms with Crippen LogP contribution in [0.15, 0.2) is 46.9 Å². The normalized spacial score (nSPS) is 25.0. The maximum absolute atomic E-state index is 13.9. The summed E-state index contributed by atoms with van der Waals surface area (Å²) in [5.41, 5.74) is 2.00. The first kappa shape index (κ1) is 31.3. The number of methoxy groups -OCH3 is 2. The van der Waals surface area contributed by atoms with Crippen LogP contribution in [0.4, 0.5) is 16.2 Å². The van der Waals surface area contributed by atoms with Crippen LogP contribution in [0.3, 0.4) is 0 Å². The van der Waals surface area contributed by atoms with Gasteiger partial charge < -0.3 is 29.7 Å². The van der Waals surface area contributed by atoms with E-state index in [1.54, 1.807) is 19.2 Å². The lowest BCUT2D eigenvalue weighted by Gasteiger charge is -2.35. The van der Waals surface area contributed by atoms with Crippen molar-refractivity contribution in [2.24, 2.45) is 11.8 Å². The van der Waals surface area contributed by atoms with Crippen molar-refractivity contribution in [1.82, 2.24) is 4.90 Å². The van der Waals surface area contributed by atoms with Crippen molar-refractivity contribution >= 4 is 45.2 Å². The third-order valence-corrected chi connectivity index (χ3v) is 9.90. The zero-order valence-corrected chi connectivity index (χ0v) is 26.6. The summed E-state index contributed by atoms with van der Waals surface area (Å²) < 4.78 is 17.7. The van der Waals surface area contributed by atoms with E-state index in [0.717, 1.165) is 61.4 Å². The number of halogens is 1. The van der Waals surface area contributed by atoms with Gasteiger partial charge in [0.25, 0.3) is 0 Å². The van der Waals surface area contributed by atoms with Crippen LogP contribution in [0.25, 0.3) is 0 Å². The topological polar surface area (TPSA) is 106 Å². The lowest BCUT2D eigenvalue weighted by molar-refractivity contribution is -0.148. The maximum atomic E-state index is 13.9. The Labute approximate surface area is 262 Å². The number of nitrogens with one attached hydrogen (secondary N) is 2. The van der Waals surface area contributed by atoms with Crippen molar-refractivity contribution in [1.29, 1.82) is 0 Å². The monoisotopic (exact) mass is 655 g/mol. The number of anilines is 2. The molecule has 3 amide bonds. The molecule has 2 aromatic carbocycles. The summed E-state index contributed by atoms with van der Waals surface area (Å²) in [4.78, 5) is 40.5. The smallest absolute Gasteiger partial charge is 0.323 e. The summed E-state index contributed by atoms with van der Waals surface area (Å²) in [7, 11) is 3.00. The highest BCUT2D eigenvalue weighted by molar-refractivity contribution is 9.10. The van der Waals surface area contributed by atoms with Crippen molar-refractivity contribution < 1.29 is 28.6 Å². The minimum atomic E-state index is -0.393. The molecule has 0 aromatic heterocycles.